The highest BCUT2D eigenvalue weighted by Crippen LogP contribution is 2.27. The highest BCUT2D eigenvalue weighted by Gasteiger charge is 2.34. The zero-order chi connectivity index (χ0) is 16.2. The van der Waals surface area contributed by atoms with E-state index in [1.54, 1.807) is 13.2 Å². The van der Waals surface area contributed by atoms with Gasteiger partial charge in [0.05, 0.1) is 22.7 Å². The Morgan fingerprint density at radius 3 is 2.73 bits per heavy atom. The second-order valence-corrected chi connectivity index (χ2v) is 7.29. The number of nitrogens with one attached hydrogen (secondary N) is 2. The molecule has 2 rings (SSSR count). The third-order valence-electron chi connectivity index (χ3n) is 3.80. The fourth-order valence-corrected chi connectivity index (χ4v) is 3.60. The van der Waals surface area contributed by atoms with E-state index in [9.17, 15) is 17.2 Å². The number of anilines is 1. The van der Waals surface area contributed by atoms with E-state index >= 15 is 0 Å². The van der Waals surface area contributed by atoms with Crippen molar-refractivity contribution in [2.75, 3.05) is 32.1 Å². The molecule has 0 aromatic heterocycles. The van der Waals surface area contributed by atoms with Crippen LogP contribution in [0.2, 0.25) is 0 Å². The first-order valence-electron chi connectivity index (χ1n) is 7.00. The predicted molar refractivity (Wildman–Crippen MR) is 80.0 cm³/mol. The Hall–Kier alpha value is -1.25. The summed E-state index contributed by atoms with van der Waals surface area (Å²) in [7, 11) is -3.04. The van der Waals surface area contributed by atoms with Gasteiger partial charge in [-0.15, -0.1) is 0 Å². The Morgan fingerprint density at radius 1 is 1.41 bits per heavy atom. The first-order valence-corrected chi connectivity index (χ1v) is 8.55. The second-order valence-electron chi connectivity index (χ2n) is 5.40. The maximum atomic E-state index is 12.8. The van der Waals surface area contributed by atoms with Crippen LogP contribution in [0.4, 0.5) is 14.5 Å². The number of hydrogen-bond donors (Lipinski definition) is 2. The van der Waals surface area contributed by atoms with Crippen LogP contribution in [0.15, 0.2) is 29.2 Å². The lowest BCUT2D eigenvalue weighted by Gasteiger charge is -2.29. The number of alkyl halides is 2. The summed E-state index contributed by atoms with van der Waals surface area (Å²) in [6, 6.07) is 5.72. The molecule has 1 aliphatic heterocycles. The summed E-state index contributed by atoms with van der Waals surface area (Å²) in [5.41, 5.74) is -0.122. The van der Waals surface area contributed by atoms with Crippen LogP contribution >= 0.6 is 0 Å². The largest absolute Gasteiger partial charge is 0.383 e. The van der Waals surface area contributed by atoms with Crippen LogP contribution in [0.1, 0.15) is 12.8 Å². The number of hydrogen-bond acceptors (Lipinski definition) is 5. The molecule has 0 saturated carbocycles. The van der Waals surface area contributed by atoms with Crippen molar-refractivity contribution < 1.29 is 21.9 Å². The van der Waals surface area contributed by atoms with E-state index in [1.807, 2.05) is 0 Å². The standard InChI is InChI=1S/C14H20F2N2O3S/c1-21-10-14(7-4-8-18-14)9-17-11-5-2-3-6-12(11)22(19,20)13(15)16/h2-3,5-6,13,17-18H,4,7-10H2,1H3. The fourth-order valence-electron chi connectivity index (χ4n) is 2.69. The maximum Gasteiger partial charge on any atom is 0.341 e. The number of benzene rings is 1. The molecule has 1 fully saturated rings. The van der Waals surface area contributed by atoms with Gasteiger partial charge in [-0.05, 0) is 31.5 Å². The number of para-hydroxylation sites is 1. The van der Waals surface area contributed by atoms with Gasteiger partial charge in [-0.25, -0.2) is 8.42 Å². The summed E-state index contributed by atoms with van der Waals surface area (Å²) >= 11 is 0. The van der Waals surface area contributed by atoms with E-state index in [0.717, 1.165) is 19.4 Å². The lowest BCUT2D eigenvalue weighted by molar-refractivity contribution is 0.127. The monoisotopic (exact) mass is 334 g/mol. The van der Waals surface area contributed by atoms with Gasteiger partial charge in [0.2, 0.25) is 9.84 Å². The molecule has 1 saturated heterocycles. The highest BCUT2D eigenvalue weighted by molar-refractivity contribution is 7.91. The van der Waals surface area contributed by atoms with Crippen LogP contribution in [0, 0.1) is 0 Å². The molecule has 1 aliphatic rings. The summed E-state index contributed by atoms with van der Waals surface area (Å²) in [5.74, 6) is -3.44. The van der Waals surface area contributed by atoms with Crippen molar-refractivity contribution in [3.63, 3.8) is 0 Å². The number of halogens is 2. The lowest BCUT2D eigenvalue weighted by atomic mass is 9.98. The van der Waals surface area contributed by atoms with Crippen molar-refractivity contribution in [3.8, 4) is 0 Å². The second kappa shape index (κ2) is 6.89. The summed E-state index contributed by atoms with van der Waals surface area (Å²) in [6.45, 7) is 1.71. The van der Waals surface area contributed by atoms with Crippen LogP contribution < -0.4 is 10.6 Å². The van der Waals surface area contributed by atoms with Gasteiger partial charge >= 0.3 is 5.76 Å². The molecule has 0 radical (unpaired) electrons. The number of rotatable bonds is 7. The summed E-state index contributed by atoms with van der Waals surface area (Å²) in [5, 5.41) is 6.32. The van der Waals surface area contributed by atoms with Crippen molar-refractivity contribution >= 4 is 15.5 Å². The van der Waals surface area contributed by atoms with Crippen LogP contribution in [-0.4, -0.2) is 46.5 Å². The quantitative estimate of drug-likeness (QED) is 0.797. The molecule has 0 amide bonds. The SMILES string of the molecule is COCC1(CNc2ccccc2S(=O)(=O)C(F)F)CCCN1. The van der Waals surface area contributed by atoms with Crippen LogP contribution in [0.3, 0.4) is 0 Å². The Balaban J connectivity index is 2.20. The van der Waals surface area contributed by atoms with Crippen molar-refractivity contribution in [2.24, 2.45) is 0 Å². The third kappa shape index (κ3) is 3.56. The molecule has 2 N–H and O–H groups in total. The number of methoxy groups -OCH3 is 1. The van der Waals surface area contributed by atoms with Crippen molar-refractivity contribution in [1.29, 1.82) is 0 Å². The van der Waals surface area contributed by atoms with E-state index in [1.165, 1.54) is 18.2 Å². The molecule has 124 valence electrons. The number of sulfone groups is 1. The highest BCUT2D eigenvalue weighted by atomic mass is 32.2. The molecule has 1 heterocycles. The van der Waals surface area contributed by atoms with E-state index in [4.69, 9.17) is 4.74 Å². The Morgan fingerprint density at radius 2 is 2.14 bits per heavy atom. The minimum atomic E-state index is -4.63. The lowest BCUT2D eigenvalue weighted by Crippen LogP contribution is -2.49. The molecule has 1 atom stereocenters. The van der Waals surface area contributed by atoms with Gasteiger partial charge in [0.1, 0.15) is 0 Å². The molecular formula is C14H20F2N2O3S. The van der Waals surface area contributed by atoms with E-state index < -0.39 is 15.6 Å². The Bertz CT molecular complexity index is 602. The van der Waals surface area contributed by atoms with Gasteiger partial charge in [0, 0.05) is 13.7 Å². The third-order valence-corrected chi connectivity index (χ3v) is 5.24. The van der Waals surface area contributed by atoms with Crippen LogP contribution in [-0.2, 0) is 14.6 Å². The molecule has 1 aromatic rings. The molecular weight excluding hydrogens is 314 g/mol. The minimum absolute atomic E-state index is 0.187. The average Bonchev–Trinajstić information content (AvgIpc) is 2.94. The van der Waals surface area contributed by atoms with Gasteiger partial charge in [-0.3, -0.25) is 0 Å². The molecule has 0 spiro atoms. The van der Waals surface area contributed by atoms with Gasteiger partial charge in [-0.1, -0.05) is 12.1 Å². The molecule has 8 heteroatoms. The fraction of sp³-hybridized carbons (Fsp3) is 0.571. The van der Waals surface area contributed by atoms with E-state index in [0.29, 0.717) is 13.2 Å². The van der Waals surface area contributed by atoms with Gasteiger partial charge in [0.15, 0.2) is 0 Å². The molecule has 5 nitrogen and oxygen atoms in total. The summed E-state index contributed by atoms with van der Waals surface area (Å²) < 4.78 is 54.2. The van der Waals surface area contributed by atoms with Crippen LogP contribution in [0.25, 0.3) is 0 Å². The topological polar surface area (TPSA) is 67.4 Å². The van der Waals surface area contributed by atoms with Crippen LogP contribution in [0.5, 0.6) is 0 Å². The van der Waals surface area contributed by atoms with Gasteiger partial charge in [0.25, 0.3) is 0 Å². The molecule has 22 heavy (non-hydrogen) atoms. The molecule has 0 aliphatic carbocycles. The Kier molecular flexibility index (Phi) is 5.36. The van der Waals surface area contributed by atoms with E-state index in [2.05, 4.69) is 10.6 Å². The summed E-state index contributed by atoms with van der Waals surface area (Å²) in [6.07, 6.45) is 1.86. The summed E-state index contributed by atoms with van der Waals surface area (Å²) in [4.78, 5) is -0.379. The zero-order valence-electron chi connectivity index (χ0n) is 12.3. The van der Waals surface area contributed by atoms with Crippen molar-refractivity contribution in [2.45, 2.75) is 29.0 Å². The minimum Gasteiger partial charge on any atom is -0.383 e. The zero-order valence-corrected chi connectivity index (χ0v) is 13.1. The van der Waals surface area contributed by atoms with Gasteiger partial charge < -0.3 is 15.4 Å². The molecule has 0 bridgehead atoms. The van der Waals surface area contributed by atoms with E-state index in [-0.39, 0.29) is 16.1 Å². The maximum absolute atomic E-state index is 12.8. The van der Waals surface area contributed by atoms with Crippen molar-refractivity contribution in [1.82, 2.24) is 5.32 Å². The first kappa shape index (κ1) is 17.1. The van der Waals surface area contributed by atoms with Crippen molar-refractivity contribution in [3.05, 3.63) is 24.3 Å². The molecule has 1 unspecified atom stereocenters. The molecule has 1 aromatic carbocycles. The smallest absolute Gasteiger partial charge is 0.341 e. The normalized spacial score (nSPS) is 22.2. The predicted octanol–water partition coefficient (Wildman–Crippen LogP) is 1.86. The number of ether oxygens (including phenoxy) is 1. The van der Waals surface area contributed by atoms with Gasteiger partial charge in [-0.2, -0.15) is 8.78 Å². The first-order chi connectivity index (χ1) is 10.4. The average molecular weight is 334 g/mol. The Labute approximate surface area is 129 Å².